The zero-order valence-corrected chi connectivity index (χ0v) is 11.9. The zero-order valence-electron chi connectivity index (χ0n) is 11.1. The van der Waals surface area contributed by atoms with Gasteiger partial charge in [0.25, 0.3) is 0 Å². The fraction of sp³-hybridized carbons (Fsp3) is 0.250. The van der Waals surface area contributed by atoms with Crippen LogP contribution in [0.25, 0.3) is 0 Å². The zero-order chi connectivity index (χ0) is 14.0. The highest BCUT2D eigenvalue weighted by molar-refractivity contribution is 8.00. The summed E-state index contributed by atoms with van der Waals surface area (Å²) in [7, 11) is -2.44. The van der Waals surface area contributed by atoms with E-state index in [0.717, 1.165) is 16.1 Å². The largest absolute Gasteiger partial charge is 0.626 e. The highest BCUT2D eigenvalue weighted by atomic mass is 32.3. The molecule has 1 heterocycles. The van der Waals surface area contributed by atoms with Crippen LogP contribution in [0.2, 0.25) is 0 Å². The summed E-state index contributed by atoms with van der Waals surface area (Å²) < 4.78 is 17.7. The summed E-state index contributed by atoms with van der Waals surface area (Å²) in [4.78, 5) is 0.775. The van der Waals surface area contributed by atoms with E-state index in [1.54, 1.807) is 0 Å². The monoisotopic (exact) mass is 287 g/mol. The first-order valence-corrected chi connectivity index (χ1v) is 8.41. The summed E-state index contributed by atoms with van der Waals surface area (Å²) in [5.74, 6) is 0.579. The van der Waals surface area contributed by atoms with E-state index in [2.05, 4.69) is 4.36 Å². The molecule has 2 atom stereocenters. The van der Waals surface area contributed by atoms with E-state index >= 15 is 0 Å². The molecule has 1 aliphatic rings. The molecule has 104 valence electrons. The maximum absolute atomic E-state index is 13.2. The molecule has 0 aliphatic carbocycles. The van der Waals surface area contributed by atoms with Crippen molar-refractivity contribution in [2.75, 3.05) is 12.4 Å². The first-order valence-electron chi connectivity index (χ1n) is 6.73. The standard InChI is InChI=1S/C16H17NO2S/c18-11-10-13-12-20(19,14-6-2-1-3-7-14)17-16-9-5-4-8-15(13)16/h1-9,13,18H,10-12H2/t13-,20?/m1/s1. The first kappa shape index (κ1) is 13.5. The summed E-state index contributed by atoms with van der Waals surface area (Å²) in [6.07, 6.45) is 0.621. The Bertz CT molecular complexity index is 655. The third kappa shape index (κ3) is 2.42. The van der Waals surface area contributed by atoms with Crippen molar-refractivity contribution in [1.82, 2.24) is 0 Å². The minimum Gasteiger partial charge on any atom is -0.626 e. The van der Waals surface area contributed by atoms with E-state index in [0.29, 0.717) is 12.2 Å². The van der Waals surface area contributed by atoms with Crippen molar-refractivity contribution < 1.29 is 9.66 Å². The fourth-order valence-electron chi connectivity index (χ4n) is 2.65. The van der Waals surface area contributed by atoms with Crippen LogP contribution < -0.4 is 0 Å². The number of fused-ring (bicyclic) bond motifs is 1. The molecule has 20 heavy (non-hydrogen) atoms. The average molecular weight is 287 g/mol. The molecule has 0 saturated heterocycles. The van der Waals surface area contributed by atoms with Gasteiger partial charge in [0.2, 0.25) is 0 Å². The molecule has 0 bridgehead atoms. The minimum absolute atomic E-state index is 0.0985. The van der Waals surface area contributed by atoms with E-state index in [1.807, 2.05) is 54.6 Å². The van der Waals surface area contributed by atoms with Gasteiger partial charge in [-0.25, -0.2) is 0 Å². The summed E-state index contributed by atoms with van der Waals surface area (Å²) in [6.45, 7) is 0.101. The van der Waals surface area contributed by atoms with Crippen molar-refractivity contribution in [3.8, 4) is 0 Å². The topological polar surface area (TPSA) is 55.7 Å². The summed E-state index contributed by atoms with van der Waals surface area (Å²) >= 11 is 0. The maximum Gasteiger partial charge on any atom is 0.136 e. The van der Waals surface area contributed by atoms with Gasteiger partial charge in [-0.3, -0.25) is 0 Å². The average Bonchev–Trinajstić information content (AvgIpc) is 2.48. The molecule has 3 rings (SSSR count). The molecule has 0 spiro atoms. The lowest BCUT2D eigenvalue weighted by Gasteiger charge is -2.31. The third-order valence-corrected chi connectivity index (χ3v) is 5.99. The second kappa shape index (κ2) is 5.48. The van der Waals surface area contributed by atoms with Gasteiger partial charge in [-0.2, -0.15) is 0 Å². The van der Waals surface area contributed by atoms with Gasteiger partial charge < -0.3 is 9.66 Å². The summed E-state index contributed by atoms with van der Waals surface area (Å²) in [5.41, 5.74) is 1.89. The van der Waals surface area contributed by atoms with Gasteiger partial charge >= 0.3 is 0 Å². The smallest absolute Gasteiger partial charge is 0.136 e. The predicted octanol–water partition coefficient (Wildman–Crippen LogP) is 3.32. The number of aliphatic hydroxyl groups excluding tert-OH is 1. The lowest BCUT2D eigenvalue weighted by molar-refractivity contribution is 0.278. The van der Waals surface area contributed by atoms with Gasteiger partial charge in [0, 0.05) is 12.5 Å². The Labute approximate surface area is 120 Å². The Morgan fingerprint density at radius 1 is 1.10 bits per heavy atom. The molecule has 0 fully saturated rings. The van der Waals surface area contributed by atoms with Gasteiger partial charge in [0.05, 0.1) is 0 Å². The minimum atomic E-state index is -2.44. The van der Waals surface area contributed by atoms with Crippen LogP contribution in [0.3, 0.4) is 0 Å². The highest BCUT2D eigenvalue weighted by Crippen LogP contribution is 2.40. The Balaban J connectivity index is 2.12. The van der Waals surface area contributed by atoms with Crippen molar-refractivity contribution in [2.45, 2.75) is 17.2 Å². The molecule has 1 aliphatic heterocycles. The molecule has 0 amide bonds. The number of benzene rings is 2. The lowest BCUT2D eigenvalue weighted by atomic mass is 9.96. The van der Waals surface area contributed by atoms with E-state index in [9.17, 15) is 9.66 Å². The highest BCUT2D eigenvalue weighted by Gasteiger charge is 2.31. The molecule has 2 aromatic carbocycles. The lowest BCUT2D eigenvalue weighted by Crippen LogP contribution is -2.25. The van der Waals surface area contributed by atoms with E-state index in [4.69, 9.17) is 0 Å². The molecule has 0 saturated carbocycles. The number of hydrogen-bond donors (Lipinski definition) is 1. The molecule has 1 unspecified atom stereocenters. The van der Waals surface area contributed by atoms with Crippen molar-refractivity contribution in [1.29, 1.82) is 0 Å². The normalized spacial score (nSPS) is 24.8. The Hall–Kier alpha value is -1.49. The molecule has 1 N–H and O–H groups in total. The molecule has 2 aromatic rings. The van der Waals surface area contributed by atoms with Crippen molar-refractivity contribution in [2.24, 2.45) is 4.36 Å². The van der Waals surface area contributed by atoms with E-state index in [-0.39, 0.29) is 12.5 Å². The first-order chi connectivity index (χ1) is 9.73. The van der Waals surface area contributed by atoms with E-state index < -0.39 is 10.1 Å². The Morgan fingerprint density at radius 3 is 2.55 bits per heavy atom. The van der Waals surface area contributed by atoms with E-state index in [1.165, 1.54) is 0 Å². The van der Waals surface area contributed by atoms with Crippen LogP contribution in [0.1, 0.15) is 17.9 Å². The summed E-state index contributed by atoms with van der Waals surface area (Å²) in [5, 5.41) is 9.26. The predicted molar refractivity (Wildman–Crippen MR) is 80.7 cm³/mol. The van der Waals surface area contributed by atoms with Gasteiger partial charge in [-0.1, -0.05) is 36.4 Å². The van der Waals surface area contributed by atoms with Crippen LogP contribution in [0.4, 0.5) is 5.69 Å². The van der Waals surface area contributed by atoms with Crippen LogP contribution in [0.5, 0.6) is 0 Å². The second-order valence-electron chi connectivity index (χ2n) is 4.98. The Morgan fingerprint density at radius 2 is 1.80 bits per heavy atom. The van der Waals surface area contributed by atoms with Gasteiger partial charge in [0.15, 0.2) is 0 Å². The van der Waals surface area contributed by atoms with Crippen LogP contribution in [0, 0.1) is 0 Å². The van der Waals surface area contributed by atoms with Crippen LogP contribution in [-0.2, 0) is 10.1 Å². The SMILES string of the molecule is [O-][S+]1(c2ccccc2)=Nc2ccccc2[C@H](CCO)C1. The maximum atomic E-state index is 13.2. The van der Waals surface area contributed by atoms with Crippen molar-refractivity contribution >= 4 is 15.8 Å². The molecule has 3 nitrogen and oxygen atoms in total. The van der Waals surface area contributed by atoms with Crippen molar-refractivity contribution in [3.63, 3.8) is 0 Å². The van der Waals surface area contributed by atoms with Crippen LogP contribution in [-0.4, -0.2) is 22.0 Å². The number of aliphatic hydroxyl groups is 1. The molecule has 0 aromatic heterocycles. The van der Waals surface area contributed by atoms with Gasteiger partial charge in [0.1, 0.15) is 16.3 Å². The number of nitrogens with zero attached hydrogens (tertiary/aromatic N) is 1. The van der Waals surface area contributed by atoms with Gasteiger partial charge in [-0.05, 0) is 40.3 Å². The Kier molecular flexibility index (Phi) is 3.70. The van der Waals surface area contributed by atoms with Crippen molar-refractivity contribution in [3.05, 3.63) is 60.2 Å². The number of hydrogen-bond acceptors (Lipinski definition) is 3. The van der Waals surface area contributed by atoms with Gasteiger partial charge in [-0.15, -0.1) is 4.36 Å². The summed E-state index contributed by atoms with van der Waals surface area (Å²) in [6, 6.07) is 17.2. The molecular formula is C16H17NO2S. The second-order valence-corrected chi connectivity index (χ2v) is 7.25. The molecule has 0 radical (unpaired) electrons. The molecular weight excluding hydrogens is 270 g/mol. The number of rotatable bonds is 3. The molecule has 4 heteroatoms. The van der Waals surface area contributed by atoms with Crippen LogP contribution in [0.15, 0.2) is 63.9 Å². The van der Waals surface area contributed by atoms with Crippen LogP contribution >= 0.6 is 0 Å². The third-order valence-electron chi connectivity index (χ3n) is 3.64. The fourth-order valence-corrected chi connectivity index (χ4v) is 4.98. The quantitative estimate of drug-likeness (QED) is 0.880.